The molecule has 1 rings (SSSR count). The van der Waals surface area contributed by atoms with Crippen molar-refractivity contribution in [1.82, 2.24) is 0 Å². The molecule has 18 heavy (non-hydrogen) atoms. The summed E-state index contributed by atoms with van der Waals surface area (Å²) >= 11 is 0. The minimum atomic E-state index is -0.793. The second kappa shape index (κ2) is 6.40. The van der Waals surface area contributed by atoms with Crippen molar-refractivity contribution < 1.29 is 14.3 Å². The third kappa shape index (κ3) is 3.47. The number of ether oxygens (including phenoxy) is 2. The zero-order chi connectivity index (χ0) is 13.6. The van der Waals surface area contributed by atoms with Gasteiger partial charge in [-0.25, -0.2) is 0 Å². The van der Waals surface area contributed by atoms with Crippen molar-refractivity contribution >= 4 is 11.6 Å². The molecule has 0 saturated heterocycles. The monoisotopic (exact) mass is 251 g/mol. The fourth-order valence-corrected chi connectivity index (χ4v) is 1.46. The molecule has 0 bridgehead atoms. The van der Waals surface area contributed by atoms with E-state index < -0.39 is 5.60 Å². The third-order valence-corrected chi connectivity index (χ3v) is 3.03. The lowest BCUT2D eigenvalue weighted by Crippen LogP contribution is -2.41. The smallest absolute Gasteiger partial charge is 0.256 e. The van der Waals surface area contributed by atoms with Crippen molar-refractivity contribution in [2.24, 2.45) is 0 Å². The number of carbonyl (C=O) groups is 1. The van der Waals surface area contributed by atoms with Crippen LogP contribution >= 0.6 is 0 Å². The van der Waals surface area contributed by atoms with E-state index in [4.69, 9.17) is 9.47 Å². The number of carbonyl (C=O) groups excluding carboxylic acids is 1. The van der Waals surface area contributed by atoms with Crippen molar-refractivity contribution in [2.45, 2.75) is 32.8 Å². The average Bonchev–Trinajstić information content (AvgIpc) is 2.40. The molecular weight excluding hydrogens is 230 g/mol. The summed E-state index contributed by atoms with van der Waals surface area (Å²) in [5.41, 5.74) is -0.0568. The van der Waals surface area contributed by atoms with Crippen LogP contribution in [0.3, 0.4) is 0 Å². The summed E-state index contributed by atoms with van der Waals surface area (Å²) in [6.07, 6.45) is 0.617. The summed E-state index contributed by atoms with van der Waals surface area (Å²) in [5.74, 6) is 0.650. The summed E-state index contributed by atoms with van der Waals surface area (Å²) in [6.45, 7) is 6.25. The molecule has 100 valence electrons. The van der Waals surface area contributed by atoms with Gasteiger partial charge in [-0.15, -0.1) is 0 Å². The van der Waals surface area contributed by atoms with Crippen LogP contribution < -0.4 is 10.1 Å². The molecule has 0 unspecified atom stereocenters. The average molecular weight is 251 g/mol. The molecule has 1 N–H and O–H groups in total. The SMILES string of the molecule is CCOc1ccc(NC(=O)[C@](C)(CC)OC)cc1. The Morgan fingerprint density at radius 2 is 1.89 bits per heavy atom. The highest BCUT2D eigenvalue weighted by Crippen LogP contribution is 2.20. The quantitative estimate of drug-likeness (QED) is 0.845. The van der Waals surface area contributed by atoms with Crippen molar-refractivity contribution in [3.05, 3.63) is 24.3 Å². The highest BCUT2D eigenvalue weighted by atomic mass is 16.5. The Balaban J connectivity index is 2.70. The molecule has 0 aliphatic carbocycles. The van der Waals surface area contributed by atoms with Crippen LogP contribution in [0.15, 0.2) is 24.3 Å². The summed E-state index contributed by atoms with van der Waals surface area (Å²) < 4.78 is 10.6. The van der Waals surface area contributed by atoms with Gasteiger partial charge in [-0.2, -0.15) is 0 Å². The van der Waals surface area contributed by atoms with E-state index in [2.05, 4.69) is 5.32 Å². The van der Waals surface area contributed by atoms with Crippen molar-refractivity contribution in [2.75, 3.05) is 19.0 Å². The number of rotatable bonds is 6. The predicted octanol–water partition coefficient (Wildman–Crippen LogP) is 2.84. The Hall–Kier alpha value is -1.55. The van der Waals surface area contributed by atoms with Gasteiger partial charge in [0.05, 0.1) is 6.61 Å². The highest BCUT2D eigenvalue weighted by molar-refractivity contribution is 5.97. The van der Waals surface area contributed by atoms with Crippen molar-refractivity contribution in [3.63, 3.8) is 0 Å². The second-order valence-corrected chi connectivity index (χ2v) is 4.20. The van der Waals surface area contributed by atoms with E-state index in [9.17, 15) is 4.79 Å². The molecule has 4 nitrogen and oxygen atoms in total. The van der Waals surface area contributed by atoms with Crippen LogP contribution in [0, 0.1) is 0 Å². The number of benzene rings is 1. The zero-order valence-electron chi connectivity index (χ0n) is 11.4. The second-order valence-electron chi connectivity index (χ2n) is 4.20. The highest BCUT2D eigenvalue weighted by Gasteiger charge is 2.30. The van der Waals surface area contributed by atoms with Crippen LogP contribution in [0.2, 0.25) is 0 Å². The fraction of sp³-hybridized carbons (Fsp3) is 0.500. The number of amides is 1. The van der Waals surface area contributed by atoms with Gasteiger partial charge in [0.15, 0.2) is 0 Å². The van der Waals surface area contributed by atoms with Gasteiger partial charge in [-0.3, -0.25) is 4.79 Å². The first-order valence-corrected chi connectivity index (χ1v) is 6.15. The van der Waals surface area contributed by atoms with Gasteiger partial charge in [0.25, 0.3) is 5.91 Å². The Morgan fingerprint density at radius 3 is 2.33 bits per heavy atom. The van der Waals surface area contributed by atoms with E-state index in [0.29, 0.717) is 13.0 Å². The Kier molecular flexibility index (Phi) is 5.16. The molecule has 0 spiro atoms. The standard InChI is InChI=1S/C14H21NO3/c1-5-14(3,17-4)13(16)15-11-7-9-12(10-8-11)18-6-2/h7-10H,5-6H2,1-4H3,(H,15,16)/t14-/m0/s1. The fourth-order valence-electron chi connectivity index (χ4n) is 1.46. The third-order valence-electron chi connectivity index (χ3n) is 3.03. The summed E-state index contributed by atoms with van der Waals surface area (Å²) in [5, 5.41) is 2.83. The van der Waals surface area contributed by atoms with Crippen LogP contribution in [0.4, 0.5) is 5.69 Å². The molecular formula is C14H21NO3. The lowest BCUT2D eigenvalue weighted by atomic mass is 10.0. The largest absolute Gasteiger partial charge is 0.494 e. The van der Waals surface area contributed by atoms with Crippen molar-refractivity contribution in [3.8, 4) is 5.75 Å². The van der Waals surface area contributed by atoms with Crippen LogP contribution in [0.25, 0.3) is 0 Å². The Labute approximate surface area is 108 Å². The van der Waals surface area contributed by atoms with E-state index in [1.165, 1.54) is 0 Å². The maximum atomic E-state index is 12.0. The first kappa shape index (κ1) is 14.5. The predicted molar refractivity (Wildman–Crippen MR) is 71.9 cm³/mol. The van der Waals surface area contributed by atoms with Crippen LogP contribution in [0.5, 0.6) is 5.75 Å². The van der Waals surface area contributed by atoms with E-state index in [0.717, 1.165) is 11.4 Å². The topological polar surface area (TPSA) is 47.6 Å². The summed E-state index contributed by atoms with van der Waals surface area (Å²) in [7, 11) is 1.54. The van der Waals surface area contributed by atoms with Gasteiger partial charge >= 0.3 is 0 Å². The number of methoxy groups -OCH3 is 1. The molecule has 0 aliphatic rings. The molecule has 1 atom stereocenters. The van der Waals surface area contributed by atoms with E-state index in [1.54, 1.807) is 14.0 Å². The van der Waals surface area contributed by atoms with E-state index in [1.807, 2.05) is 38.1 Å². The molecule has 0 heterocycles. The number of nitrogens with one attached hydrogen (secondary N) is 1. The molecule has 1 amide bonds. The molecule has 1 aromatic rings. The van der Waals surface area contributed by atoms with Gasteiger partial charge in [0, 0.05) is 12.8 Å². The van der Waals surface area contributed by atoms with E-state index >= 15 is 0 Å². The first-order valence-electron chi connectivity index (χ1n) is 6.15. The maximum absolute atomic E-state index is 12.0. The molecule has 0 radical (unpaired) electrons. The normalized spacial score (nSPS) is 13.8. The van der Waals surface area contributed by atoms with Gasteiger partial charge in [0.1, 0.15) is 11.4 Å². The molecule has 4 heteroatoms. The molecule has 0 aliphatic heterocycles. The van der Waals surface area contributed by atoms with Gasteiger partial charge < -0.3 is 14.8 Å². The number of hydrogen-bond donors (Lipinski definition) is 1. The van der Waals surface area contributed by atoms with Gasteiger partial charge in [-0.1, -0.05) is 6.92 Å². The summed E-state index contributed by atoms with van der Waals surface area (Å²) in [4.78, 5) is 12.0. The lowest BCUT2D eigenvalue weighted by Gasteiger charge is -2.25. The minimum absolute atomic E-state index is 0.142. The Bertz CT molecular complexity index is 383. The lowest BCUT2D eigenvalue weighted by molar-refractivity contribution is -0.136. The minimum Gasteiger partial charge on any atom is -0.494 e. The molecule has 0 saturated carbocycles. The first-order chi connectivity index (χ1) is 8.55. The maximum Gasteiger partial charge on any atom is 0.256 e. The van der Waals surface area contributed by atoms with Crippen molar-refractivity contribution in [1.29, 1.82) is 0 Å². The van der Waals surface area contributed by atoms with E-state index in [-0.39, 0.29) is 5.91 Å². The van der Waals surface area contributed by atoms with Gasteiger partial charge in [-0.05, 0) is 44.5 Å². The molecule has 0 aromatic heterocycles. The number of anilines is 1. The molecule has 0 fully saturated rings. The van der Waals surface area contributed by atoms with Crippen LogP contribution in [0.1, 0.15) is 27.2 Å². The van der Waals surface area contributed by atoms with Gasteiger partial charge in [0.2, 0.25) is 0 Å². The van der Waals surface area contributed by atoms with Crippen LogP contribution in [-0.2, 0) is 9.53 Å². The zero-order valence-corrected chi connectivity index (χ0v) is 11.4. The number of hydrogen-bond acceptors (Lipinski definition) is 3. The Morgan fingerprint density at radius 1 is 1.28 bits per heavy atom. The molecule has 1 aromatic carbocycles. The van der Waals surface area contributed by atoms with Crippen LogP contribution in [-0.4, -0.2) is 25.2 Å². The summed E-state index contributed by atoms with van der Waals surface area (Å²) in [6, 6.07) is 7.29.